The van der Waals surface area contributed by atoms with Crippen molar-refractivity contribution < 1.29 is 9.84 Å². The molecule has 18 heavy (non-hydrogen) atoms. The zero-order valence-corrected chi connectivity index (χ0v) is 11.9. The number of unbranched alkanes of at least 4 members (excludes halogenated alkanes) is 1. The molecule has 1 N–H and O–H groups in total. The quantitative estimate of drug-likeness (QED) is 0.744. The smallest absolute Gasteiger partial charge is 0.119 e. The summed E-state index contributed by atoms with van der Waals surface area (Å²) >= 11 is 0. The van der Waals surface area contributed by atoms with E-state index in [1.807, 2.05) is 24.3 Å². The molecule has 102 valence electrons. The van der Waals surface area contributed by atoms with E-state index < -0.39 is 6.10 Å². The number of aliphatic hydroxyl groups is 1. The molecule has 0 spiro atoms. The van der Waals surface area contributed by atoms with Crippen molar-refractivity contribution in [1.29, 1.82) is 0 Å². The molecule has 2 unspecified atom stereocenters. The van der Waals surface area contributed by atoms with E-state index in [0.29, 0.717) is 5.92 Å². The zero-order valence-electron chi connectivity index (χ0n) is 11.9. The van der Waals surface area contributed by atoms with Crippen LogP contribution in [0.4, 0.5) is 0 Å². The van der Waals surface area contributed by atoms with Gasteiger partial charge in [-0.2, -0.15) is 0 Å². The Kier molecular flexibility index (Phi) is 6.81. The van der Waals surface area contributed by atoms with Crippen molar-refractivity contribution in [2.75, 3.05) is 6.61 Å². The van der Waals surface area contributed by atoms with Gasteiger partial charge in [0.1, 0.15) is 5.75 Å². The van der Waals surface area contributed by atoms with Crippen molar-refractivity contribution in [3.05, 3.63) is 29.8 Å². The summed E-state index contributed by atoms with van der Waals surface area (Å²) in [6, 6.07) is 7.74. The van der Waals surface area contributed by atoms with Crippen LogP contribution in [0.25, 0.3) is 0 Å². The lowest BCUT2D eigenvalue weighted by atomic mass is 10.0. The molecule has 1 rings (SSSR count). The van der Waals surface area contributed by atoms with E-state index in [9.17, 15) is 5.11 Å². The maximum atomic E-state index is 9.53. The Bertz CT molecular complexity index is 334. The van der Waals surface area contributed by atoms with Crippen molar-refractivity contribution in [2.45, 2.75) is 52.6 Å². The third-order valence-electron chi connectivity index (χ3n) is 3.37. The lowest BCUT2D eigenvalue weighted by Gasteiger charge is -2.16. The number of aliphatic hydroxyl groups excluding tert-OH is 1. The van der Waals surface area contributed by atoms with E-state index in [1.165, 1.54) is 19.3 Å². The van der Waals surface area contributed by atoms with E-state index in [1.54, 1.807) is 6.92 Å². The Morgan fingerprint density at radius 3 is 2.67 bits per heavy atom. The van der Waals surface area contributed by atoms with Crippen LogP contribution in [0.2, 0.25) is 0 Å². The number of ether oxygens (including phenoxy) is 1. The summed E-state index contributed by atoms with van der Waals surface area (Å²) in [4.78, 5) is 0. The third kappa shape index (κ3) is 5.09. The number of hydrogen-bond acceptors (Lipinski definition) is 2. The number of hydrogen-bond donors (Lipinski definition) is 1. The average Bonchev–Trinajstić information content (AvgIpc) is 2.39. The first-order chi connectivity index (χ1) is 8.67. The fraction of sp³-hybridized carbons (Fsp3) is 0.625. The van der Waals surface area contributed by atoms with Crippen LogP contribution in [0.5, 0.6) is 5.75 Å². The fourth-order valence-electron chi connectivity index (χ4n) is 1.98. The van der Waals surface area contributed by atoms with E-state index >= 15 is 0 Å². The van der Waals surface area contributed by atoms with Crippen molar-refractivity contribution in [3.8, 4) is 5.75 Å². The highest BCUT2D eigenvalue weighted by Gasteiger charge is 2.08. The highest BCUT2D eigenvalue weighted by atomic mass is 16.5. The van der Waals surface area contributed by atoms with Gasteiger partial charge in [0.2, 0.25) is 0 Å². The van der Waals surface area contributed by atoms with E-state index in [-0.39, 0.29) is 0 Å². The zero-order chi connectivity index (χ0) is 13.4. The summed E-state index contributed by atoms with van der Waals surface area (Å²) in [6.45, 7) is 6.99. The molecule has 0 saturated heterocycles. The van der Waals surface area contributed by atoms with Crippen LogP contribution in [0.1, 0.15) is 58.1 Å². The van der Waals surface area contributed by atoms with Gasteiger partial charge in [0, 0.05) is 0 Å². The van der Waals surface area contributed by atoms with Gasteiger partial charge in [-0.1, -0.05) is 45.2 Å². The van der Waals surface area contributed by atoms with Gasteiger partial charge in [0.05, 0.1) is 12.7 Å². The second-order valence-corrected chi connectivity index (χ2v) is 4.98. The molecule has 0 aliphatic heterocycles. The molecular formula is C16H26O2. The topological polar surface area (TPSA) is 29.5 Å². The van der Waals surface area contributed by atoms with Gasteiger partial charge < -0.3 is 9.84 Å². The Morgan fingerprint density at radius 2 is 2.06 bits per heavy atom. The van der Waals surface area contributed by atoms with Crippen LogP contribution in [0.3, 0.4) is 0 Å². The lowest BCUT2D eigenvalue weighted by molar-refractivity contribution is 0.197. The third-order valence-corrected chi connectivity index (χ3v) is 3.37. The van der Waals surface area contributed by atoms with Gasteiger partial charge in [0.15, 0.2) is 0 Å². The highest BCUT2D eigenvalue weighted by molar-refractivity contribution is 5.29. The van der Waals surface area contributed by atoms with Gasteiger partial charge in [-0.3, -0.25) is 0 Å². The molecule has 2 nitrogen and oxygen atoms in total. The molecule has 0 heterocycles. The Morgan fingerprint density at radius 1 is 1.28 bits per heavy atom. The molecule has 2 heteroatoms. The van der Waals surface area contributed by atoms with Crippen molar-refractivity contribution >= 4 is 0 Å². The van der Waals surface area contributed by atoms with Gasteiger partial charge >= 0.3 is 0 Å². The number of benzene rings is 1. The normalized spacial score (nSPS) is 14.2. The van der Waals surface area contributed by atoms with Crippen LogP contribution in [0.15, 0.2) is 24.3 Å². The van der Waals surface area contributed by atoms with Crippen LogP contribution < -0.4 is 4.74 Å². The molecule has 0 amide bonds. The minimum Gasteiger partial charge on any atom is -0.493 e. The number of rotatable bonds is 8. The van der Waals surface area contributed by atoms with Gasteiger partial charge in [0.25, 0.3) is 0 Å². The summed E-state index contributed by atoms with van der Waals surface area (Å²) in [6.07, 6.45) is 4.48. The van der Waals surface area contributed by atoms with Crippen molar-refractivity contribution in [1.82, 2.24) is 0 Å². The van der Waals surface area contributed by atoms with Gasteiger partial charge in [-0.05, 0) is 37.0 Å². The van der Waals surface area contributed by atoms with Gasteiger partial charge in [-0.25, -0.2) is 0 Å². The van der Waals surface area contributed by atoms with Gasteiger partial charge in [-0.15, -0.1) is 0 Å². The molecule has 0 aliphatic rings. The molecule has 0 fully saturated rings. The Labute approximate surface area is 111 Å². The van der Waals surface area contributed by atoms with Crippen LogP contribution >= 0.6 is 0 Å². The molecule has 0 aromatic heterocycles. The van der Waals surface area contributed by atoms with E-state index in [0.717, 1.165) is 24.3 Å². The molecular weight excluding hydrogens is 224 g/mol. The molecule has 1 aromatic carbocycles. The summed E-state index contributed by atoms with van der Waals surface area (Å²) in [5.41, 5.74) is 0.911. The molecule has 2 atom stereocenters. The maximum Gasteiger partial charge on any atom is 0.119 e. The average molecular weight is 250 g/mol. The largest absolute Gasteiger partial charge is 0.493 e. The van der Waals surface area contributed by atoms with Crippen molar-refractivity contribution in [2.24, 2.45) is 5.92 Å². The second kappa shape index (κ2) is 8.15. The summed E-state index contributed by atoms with van der Waals surface area (Å²) in [5, 5.41) is 9.53. The minimum absolute atomic E-state index is 0.435. The monoisotopic (exact) mass is 250 g/mol. The molecule has 0 saturated carbocycles. The molecule has 0 aliphatic carbocycles. The first kappa shape index (κ1) is 15.0. The molecule has 0 bridgehead atoms. The second-order valence-electron chi connectivity index (χ2n) is 4.98. The molecule has 0 radical (unpaired) electrons. The highest BCUT2D eigenvalue weighted by Crippen LogP contribution is 2.20. The lowest BCUT2D eigenvalue weighted by Crippen LogP contribution is -2.11. The van der Waals surface area contributed by atoms with Crippen LogP contribution in [0, 0.1) is 5.92 Å². The maximum absolute atomic E-state index is 9.53. The summed E-state index contributed by atoms with van der Waals surface area (Å²) in [7, 11) is 0. The van der Waals surface area contributed by atoms with Crippen molar-refractivity contribution in [3.63, 3.8) is 0 Å². The summed E-state index contributed by atoms with van der Waals surface area (Å²) < 4.78 is 5.84. The van der Waals surface area contributed by atoms with E-state index in [2.05, 4.69) is 13.8 Å². The van der Waals surface area contributed by atoms with E-state index in [4.69, 9.17) is 4.74 Å². The fourth-order valence-corrected chi connectivity index (χ4v) is 1.98. The Hall–Kier alpha value is -1.02. The standard InChI is InChI=1S/C16H26O2/c1-4-6-8-14(5-2)12-18-16-10-7-9-15(11-16)13(3)17/h7,9-11,13-14,17H,4-6,8,12H2,1-3H3. The first-order valence-electron chi connectivity index (χ1n) is 7.08. The summed E-state index contributed by atoms with van der Waals surface area (Å²) in [5.74, 6) is 1.50. The minimum atomic E-state index is -0.435. The first-order valence-corrected chi connectivity index (χ1v) is 7.08. The predicted octanol–water partition coefficient (Wildman–Crippen LogP) is 4.34. The SMILES string of the molecule is CCCCC(CC)COc1cccc(C(C)O)c1. The van der Waals surface area contributed by atoms with Crippen LogP contribution in [-0.4, -0.2) is 11.7 Å². The Balaban J connectivity index is 2.48. The van der Waals surface area contributed by atoms with Crippen LogP contribution in [-0.2, 0) is 0 Å². The predicted molar refractivity (Wildman–Crippen MR) is 75.9 cm³/mol. The molecule has 1 aromatic rings.